The predicted octanol–water partition coefficient (Wildman–Crippen LogP) is 3.59. The molecule has 0 aliphatic carbocycles. The van der Waals surface area contributed by atoms with E-state index in [0.717, 1.165) is 11.3 Å². The van der Waals surface area contributed by atoms with Crippen LogP contribution < -0.4 is 9.47 Å². The SMILES string of the molecule is CCC(=O)c1cc(OC)c(C(C)(C)C)cc1OC. The second-order valence-corrected chi connectivity index (χ2v) is 5.28. The van der Waals surface area contributed by atoms with Crippen molar-refractivity contribution in [2.24, 2.45) is 0 Å². The summed E-state index contributed by atoms with van der Waals surface area (Å²) < 4.78 is 10.7. The first-order valence-corrected chi connectivity index (χ1v) is 6.14. The zero-order valence-electron chi connectivity index (χ0n) is 12.1. The molecule has 0 aliphatic rings. The minimum atomic E-state index is -0.0631. The van der Waals surface area contributed by atoms with Crippen LogP contribution in [-0.4, -0.2) is 20.0 Å². The Morgan fingerprint density at radius 2 is 1.67 bits per heavy atom. The fraction of sp³-hybridized carbons (Fsp3) is 0.533. The third-order valence-corrected chi connectivity index (χ3v) is 2.95. The number of benzene rings is 1. The monoisotopic (exact) mass is 250 g/mol. The van der Waals surface area contributed by atoms with Crippen LogP contribution >= 0.6 is 0 Å². The van der Waals surface area contributed by atoms with E-state index >= 15 is 0 Å². The normalized spacial score (nSPS) is 11.2. The van der Waals surface area contributed by atoms with Gasteiger partial charge in [-0.2, -0.15) is 0 Å². The highest BCUT2D eigenvalue weighted by molar-refractivity contribution is 5.99. The van der Waals surface area contributed by atoms with E-state index in [1.165, 1.54) is 0 Å². The zero-order chi connectivity index (χ0) is 13.9. The molecule has 0 aliphatic heterocycles. The molecule has 1 aromatic carbocycles. The second-order valence-electron chi connectivity index (χ2n) is 5.28. The molecule has 0 aromatic heterocycles. The van der Waals surface area contributed by atoms with Crippen LogP contribution in [-0.2, 0) is 5.41 Å². The van der Waals surface area contributed by atoms with Crippen LogP contribution in [0.2, 0.25) is 0 Å². The van der Waals surface area contributed by atoms with Gasteiger partial charge in [-0.25, -0.2) is 0 Å². The Labute approximate surface area is 109 Å². The van der Waals surface area contributed by atoms with Gasteiger partial charge in [-0.3, -0.25) is 4.79 Å². The Morgan fingerprint density at radius 3 is 2.06 bits per heavy atom. The van der Waals surface area contributed by atoms with Crippen molar-refractivity contribution in [1.82, 2.24) is 0 Å². The lowest BCUT2D eigenvalue weighted by Crippen LogP contribution is -2.14. The van der Waals surface area contributed by atoms with Gasteiger partial charge in [0, 0.05) is 12.0 Å². The molecule has 0 saturated carbocycles. The quantitative estimate of drug-likeness (QED) is 0.766. The smallest absolute Gasteiger partial charge is 0.166 e. The first-order chi connectivity index (χ1) is 8.35. The molecule has 0 amide bonds. The standard InChI is InChI=1S/C15H22O3/c1-7-12(16)10-8-14(18-6)11(15(2,3)4)9-13(10)17-5/h8-9H,7H2,1-6H3. The molecule has 18 heavy (non-hydrogen) atoms. The lowest BCUT2D eigenvalue weighted by molar-refractivity contribution is 0.0984. The molecule has 3 nitrogen and oxygen atoms in total. The van der Waals surface area contributed by atoms with Gasteiger partial charge in [-0.05, 0) is 17.5 Å². The van der Waals surface area contributed by atoms with Gasteiger partial charge in [-0.1, -0.05) is 27.7 Å². The van der Waals surface area contributed by atoms with Crippen molar-refractivity contribution in [2.75, 3.05) is 14.2 Å². The number of ether oxygens (including phenoxy) is 2. The Hall–Kier alpha value is -1.51. The first-order valence-electron chi connectivity index (χ1n) is 6.14. The number of methoxy groups -OCH3 is 2. The second kappa shape index (κ2) is 5.42. The third kappa shape index (κ3) is 2.84. The van der Waals surface area contributed by atoms with Gasteiger partial charge in [0.25, 0.3) is 0 Å². The molecule has 1 aromatic rings. The summed E-state index contributed by atoms with van der Waals surface area (Å²) in [6, 6.07) is 3.69. The van der Waals surface area contributed by atoms with Gasteiger partial charge in [0.1, 0.15) is 11.5 Å². The highest BCUT2D eigenvalue weighted by Gasteiger charge is 2.23. The number of rotatable bonds is 4. The van der Waals surface area contributed by atoms with E-state index in [0.29, 0.717) is 17.7 Å². The highest BCUT2D eigenvalue weighted by Crippen LogP contribution is 2.37. The zero-order valence-corrected chi connectivity index (χ0v) is 12.1. The van der Waals surface area contributed by atoms with Crippen molar-refractivity contribution < 1.29 is 14.3 Å². The largest absolute Gasteiger partial charge is 0.496 e. The first kappa shape index (κ1) is 14.6. The Bertz CT molecular complexity index is 442. The van der Waals surface area contributed by atoms with Crippen LogP contribution in [0.4, 0.5) is 0 Å². The number of Topliss-reactive ketones (excluding diaryl/α,β-unsaturated/α-hetero) is 1. The van der Waals surface area contributed by atoms with Gasteiger partial charge in [0.15, 0.2) is 5.78 Å². The molecule has 0 heterocycles. The molecule has 0 unspecified atom stereocenters. The van der Waals surface area contributed by atoms with E-state index in [-0.39, 0.29) is 11.2 Å². The average Bonchev–Trinajstić information content (AvgIpc) is 2.34. The van der Waals surface area contributed by atoms with Crippen molar-refractivity contribution in [3.63, 3.8) is 0 Å². The van der Waals surface area contributed by atoms with Crippen molar-refractivity contribution in [3.05, 3.63) is 23.3 Å². The summed E-state index contributed by atoms with van der Waals surface area (Å²) in [6.45, 7) is 8.15. The summed E-state index contributed by atoms with van der Waals surface area (Å²) in [6.07, 6.45) is 0.453. The fourth-order valence-corrected chi connectivity index (χ4v) is 1.89. The molecular formula is C15H22O3. The van der Waals surface area contributed by atoms with Gasteiger partial charge < -0.3 is 9.47 Å². The molecule has 100 valence electrons. The van der Waals surface area contributed by atoms with Gasteiger partial charge >= 0.3 is 0 Å². The molecule has 0 spiro atoms. The van der Waals surface area contributed by atoms with Gasteiger partial charge in [-0.15, -0.1) is 0 Å². The van der Waals surface area contributed by atoms with E-state index < -0.39 is 0 Å². The number of carbonyl (C=O) groups excluding carboxylic acids is 1. The Morgan fingerprint density at radius 1 is 1.11 bits per heavy atom. The van der Waals surface area contributed by atoms with Crippen molar-refractivity contribution in [3.8, 4) is 11.5 Å². The maximum atomic E-state index is 11.9. The maximum absolute atomic E-state index is 11.9. The van der Waals surface area contributed by atoms with Gasteiger partial charge in [0.2, 0.25) is 0 Å². The minimum Gasteiger partial charge on any atom is -0.496 e. The third-order valence-electron chi connectivity index (χ3n) is 2.95. The summed E-state index contributed by atoms with van der Waals surface area (Å²) in [5, 5.41) is 0. The molecule has 1 rings (SSSR count). The molecule has 0 atom stereocenters. The van der Waals surface area contributed by atoms with E-state index in [9.17, 15) is 4.79 Å². The topological polar surface area (TPSA) is 35.5 Å². The molecule has 0 bridgehead atoms. The molecule has 3 heteroatoms. The predicted molar refractivity (Wildman–Crippen MR) is 72.9 cm³/mol. The van der Waals surface area contributed by atoms with Crippen LogP contribution in [0.5, 0.6) is 11.5 Å². The lowest BCUT2D eigenvalue weighted by Gasteiger charge is -2.23. The summed E-state index contributed by atoms with van der Waals surface area (Å²) in [5.74, 6) is 1.42. The molecule has 0 fully saturated rings. The summed E-state index contributed by atoms with van der Waals surface area (Å²) in [5.41, 5.74) is 1.56. The van der Waals surface area contributed by atoms with Crippen molar-refractivity contribution >= 4 is 5.78 Å². The van der Waals surface area contributed by atoms with Gasteiger partial charge in [0.05, 0.1) is 19.8 Å². The molecular weight excluding hydrogens is 228 g/mol. The molecule has 0 N–H and O–H groups in total. The minimum absolute atomic E-state index is 0.0607. The van der Waals surface area contributed by atoms with Crippen LogP contribution in [0, 0.1) is 0 Å². The summed E-state index contributed by atoms with van der Waals surface area (Å²) in [7, 11) is 3.21. The van der Waals surface area contributed by atoms with Crippen LogP contribution in [0.1, 0.15) is 50.0 Å². The van der Waals surface area contributed by atoms with E-state index in [2.05, 4.69) is 20.8 Å². The lowest BCUT2D eigenvalue weighted by atomic mass is 9.85. The van der Waals surface area contributed by atoms with Crippen molar-refractivity contribution in [2.45, 2.75) is 39.5 Å². The van der Waals surface area contributed by atoms with Crippen LogP contribution in [0.3, 0.4) is 0 Å². The summed E-state index contributed by atoms with van der Waals surface area (Å²) >= 11 is 0. The van der Waals surface area contributed by atoms with E-state index in [4.69, 9.17) is 9.47 Å². The molecule has 0 saturated heterocycles. The molecule has 0 radical (unpaired) electrons. The van der Waals surface area contributed by atoms with Crippen LogP contribution in [0.25, 0.3) is 0 Å². The summed E-state index contributed by atoms with van der Waals surface area (Å²) in [4.78, 5) is 11.9. The van der Waals surface area contributed by atoms with E-state index in [1.807, 2.05) is 13.0 Å². The fourth-order valence-electron chi connectivity index (χ4n) is 1.89. The Kier molecular flexibility index (Phi) is 4.38. The van der Waals surface area contributed by atoms with Crippen molar-refractivity contribution in [1.29, 1.82) is 0 Å². The number of hydrogen-bond donors (Lipinski definition) is 0. The Balaban J connectivity index is 3.47. The van der Waals surface area contributed by atoms with Crippen LogP contribution in [0.15, 0.2) is 12.1 Å². The number of carbonyl (C=O) groups is 1. The van der Waals surface area contributed by atoms with E-state index in [1.54, 1.807) is 20.3 Å². The number of hydrogen-bond acceptors (Lipinski definition) is 3. The average molecular weight is 250 g/mol. The highest BCUT2D eigenvalue weighted by atomic mass is 16.5. The maximum Gasteiger partial charge on any atom is 0.166 e. The number of ketones is 1.